The first kappa shape index (κ1) is 14.8. The van der Waals surface area contributed by atoms with Crippen molar-refractivity contribution < 1.29 is 8.42 Å². The van der Waals surface area contributed by atoms with Gasteiger partial charge in [-0.05, 0) is 49.9 Å². The van der Waals surface area contributed by atoms with E-state index in [1.165, 1.54) is 6.42 Å². The predicted octanol–water partition coefficient (Wildman–Crippen LogP) is 1.35. The van der Waals surface area contributed by atoms with Crippen LogP contribution in [0.15, 0.2) is 23.1 Å². The van der Waals surface area contributed by atoms with E-state index in [0.29, 0.717) is 23.0 Å². The number of rotatable bonds is 4. The molecular weight excluding hydrogens is 286 g/mol. The van der Waals surface area contributed by atoms with Crippen molar-refractivity contribution in [2.75, 3.05) is 18.8 Å². The molecular formula is C15H23N3O2S. The van der Waals surface area contributed by atoms with Crippen LogP contribution in [0.2, 0.25) is 0 Å². The summed E-state index contributed by atoms with van der Waals surface area (Å²) < 4.78 is 28.4. The van der Waals surface area contributed by atoms with Gasteiger partial charge in [0.05, 0.1) is 4.90 Å². The van der Waals surface area contributed by atoms with E-state index >= 15 is 0 Å². The third-order valence-corrected chi connectivity index (χ3v) is 6.25. The molecule has 2 aliphatic rings. The number of hydrogen-bond acceptors (Lipinski definition) is 4. The number of nitrogen functional groups attached to an aromatic ring is 1. The molecule has 3 rings (SSSR count). The number of anilines is 1. The van der Waals surface area contributed by atoms with E-state index in [2.05, 4.69) is 9.62 Å². The molecule has 2 saturated heterocycles. The standard InChI is InChI=1S/C15H23N3O2S/c1-2-11-5-6-12(16)10-15(11)21(19,20)17-13-7-9-18-8-3-4-14(13)18/h5-6,10,13-14,17H,2-4,7-9,16H2,1H3. The number of benzene rings is 1. The van der Waals surface area contributed by atoms with Crippen LogP contribution in [0.25, 0.3) is 0 Å². The molecule has 2 unspecified atom stereocenters. The molecule has 1 aromatic rings. The van der Waals surface area contributed by atoms with Gasteiger partial charge in [0.25, 0.3) is 0 Å². The molecule has 0 radical (unpaired) electrons. The van der Waals surface area contributed by atoms with E-state index in [9.17, 15) is 8.42 Å². The molecule has 0 saturated carbocycles. The number of nitrogens with two attached hydrogens (primary N) is 1. The van der Waals surface area contributed by atoms with Crippen LogP contribution in [0.5, 0.6) is 0 Å². The number of sulfonamides is 1. The van der Waals surface area contributed by atoms with Crippen molar-refractivity contribution in [1.82, 2.24) is 9.62 Å². The summed E-state index contributed by atoms with van der Waals surface area (Å²) in [5.41, 5.74) is 7.08. The summed E-state index contributed by atoms with van der Waals surface area (Å²) in [5.74, 6) is 0. The minimum Gasteiger partial charge on any atom is -0.399 e. The molecule has 0 aromatic heterocycles. The van der Waals surface area contributed by atoms with Gasteiger partial charge in [-0.15, -0.1) is 0 Å². The van der Waals surface area contributed by atoms with Gasteiger partial charge in [0, 0.05) is 24.3 Å². The Labute approximate surface area is 126 Å². The van der Waals surface area contributed by atoms with Crippen LogP contribution in [0.4, 0.5) is 5.69 Å². The van der Waals surface area contributed by atoms with Crippen LogP contribution in [0, 0.1) is 0 Å². The number of nitrogens with zero attached hydrogens (tertiary/aromatic N) is 1. The Morgan fingerprint density at radius 1 is 1.33 bits per heavy atom. The van der Waals surface area contributed by atoms with Crippen LogP contribution >= 0.6 is 0 Å². The lowest BCUT2D eigenvalue weighted by Crippen LogP contribution is -2.42. The Bertz CT molecular complexity index is 630. The minimum absolute atomic E-state index is 0.0311. The third-order valence-electron chi connectivity index (χ3n) is 4.67. The molecule has 5 nitrogen and oxygen atoms in total. The van der Waals surface area contributed by atoms with Crippen molar-refractivity contribution in [3.8, 4) is 0 Å². The van der Waals surface area contributed by atoms with Crippen LogP contribution in [0.1, 0.15) is 31.7 Å². The molecule has 2 atom stereocenters. The Kier molecular flexibility index (Phi) is 3.94. The summed E-state index contributed by atoms with van der Waals surface area (Å²) in [5, 5.41) is 0. The zero-order valence-corrected chi connectivity index (χ0v) is 13.2. The Hall–Kier alpha value is -1.11. The Morgan fingerprint density at radius 3 is 2.90 bits per heavy atom. The molecule has 3 N–H and O–H groups in total. The van der Waals surface area contributed by atoms with Crippen LogP contribution in [-0.4, -0.2) is 38.5 Å². The van der Waals surface area contributed by atoms with Gasteiger partial charge in [-0.1, -0.05) is 13.0 Å². The quantitative estimate of drug-likeness (QED) is 0.823. The van der Waals surface area contributed by atoms with Crippen LogP contribution in [0.3, 0.4) is 0 Å². The van der Waals surface area contributed by atoms with Crippen LogP contribution < -0.4 is 10.5 Å². The zero-order chi connectivity index (χ0) is 15.0. The number of nitrogens with one attached hydrogen (secondary N) is 1. The fraction of sp³-hybridized carbons (Fsp3) is 0.600. The van der Waals surface area contributed by atoms with Gasteiger partial charge in [0.1, 0.15) is 0 Å². The van der Waals surface area contributed by atoms with Gasteiger partial charge < -0.3 is 5.73 Å². The van der Waals surface area contributed by atoms with E-state index < -0.39 is 10.0 Å². The zero-order valence-electron chi connectivity index (χ0n) is 12.4. The summed E-state index contributed by atoms with van der Waals surface area (Å²) in [6.07, 6.45) is 3.83. The molecule has 1 aromatic carbocycles. The average Bonchev–Trinajstić information content (AvgIpc) is 3.04. The van der Waals surface area contributed by atoms with E-state index in [4.69, 9.17) is 5.73 Å². The lowest BCUT2D eigenvalue weighted by atomic mass is 10.1. The van der Waals surface area contributed by atoms with Crippen molar-refractivity contribution >= 4 is 15.7 Å². The van der Waals surface area contributed by atoms with Crippen molar-refractivity contribution in [3.63, 3.8) is 0 Å². The smallest absolute Gasteiger partial charge is 0.241 e. The number of fused-ring (bicyclic) bond motifs is 1. The monoisotopic (exact) mass is 309 g/mol. The third kappa shape index (κ3) is 2.80. The van der Waals surface area contributed by atoms with E-state index in [-0.39, 0.29) is 6.04 Å². The highest BCUT2D eigenvalue weighted by atomic mass is 32.2. The number of aryl methyl sites for hydroxylation is 1. The SMILES string of the molecule is CCc1ccc(N)cc1S(=O)(=O)NC1CCN2CCCC12. The molecule has 0 spiro atoms. The van der Waals surface area contributed by atoms with Gasteiger partial charge in [-0.25, -0.2) is 13.1 Å². The first-order chi connectivity index (χ1) is 10.0. The second kappa shape index (κ2) is 5.59. The molecule has 21 heavy (non-hydrogen) atoms. The Balaban J connectivity index is 1.86. The molecule has 2 aliphatic heterocycles. The summed E-state index contributed by atoms with van der Waals surface area (Å²) in [6, 6.07) is 5.53. The van der Waals surface area contributed by atoms with E-state index in [1.54, 1.807) is 18.2 Å². The highest BCUT2D eigenvalue weighted by molar-refractivity contribution is 7.89. The highest BCUT2D eigenvalue weighted by Gasteiger charge is 2.39. The summed E-state index contributed by atoms with van der Waals surface area (Å²) in [4.78, 5) is 2.73. The van der Waals surface area contributed by atoms with Gasteiger partial charge in [0.2, 0.25) is 10.0 Å². The largest absolute Gasteiger partial charge is 0.399 e. The molecule has 6 heteroatoms. The van der Waals surface area contributed by atoms with Crippen molar-refractivity contribution in [2.45, 2.75) is 49.6 Å². The normalized spacial score (nSPS) is 26.1. The minimum atomic E-state index is -3.50. The lowest BCUT2D eigenvalue weighted by Gasteiger charge is -2.22. The maximum Gasteiger partial charge on any atom is 0.241 e. The van der Waals surface area contributed by atoms with Crippen LogP contribution in [-0.2, 0) is 16.4 Å². The predicted molar refractivity (Wildman–Crippen MR) is 83.6 cm³/mol. The van der Waals surface area contributed by atoms with Gasteiger partial charge in [-0.3, -0.25) is 4.90 Å². The summed E-state index contributed by atoms with van der Waals surface area (Å²) in [6.45, 7) is 4.05. The summed E-state index contributed by atoms with van der Waals surface area (Å²) in [7, 11) is -3.50. The second-order valence-electron chi connectivity index (χ2n) is 5.98. The topological polar surface area (TPSA) is 75.4 Å². The van der Waals surface area contributed by atoms with Crippen molar-refractivity contribution in [1.29, 1.82) is 0 Å². The van der Waals surface area contributed by atoms with Gasteiger partial charge in [0.15, 0.2) is 0 Å². The van der Waals surface area contributed by atoms with Gasteiger partial charge >= 0.3 is 0 Å². The number of hydrogen-bond donors (Lipinski definition) is 2. The van der Waals surface area contributed by atoms with E-state index in [0.717, 1.165) is 31.5 Å². The molecule has 0 aliphatic carbocycles. The fourth-order valence-corrected chi connectivity index (χ4v) is 5.25. The molecule has 0 amide bonds. The van der Waals surface area contributed by atoms with Crippen molar-refractivity contribution in [2.24, 2.45) is 0 Å². The molecule has 0 bridgehead atoms. The lowest BCUT2D eigenvalue weighted by molar-refractivity contribution is 0.309. The van der Waals surface area contributed by atoms with Crippen molar-refractivity contribution in [3.05, 3.63) is 23.8 Å². The molecule has 116 valence electrons. The molecule has 2 fully saturated rings. The first-order valence-electron chi connectivity index (χ1n) is 7.66. The van der Waals surface area contributed by atoms with E-state index in [1.807, 2.05) is 6.92 Å². The molecule has 2 heterocycles. The summed E-state index contributed by atoms with van der Waals surface area (Å²) >= 11 is 0. The first-order valence-corrected chi connectivity index (χ1v) is 9.14. The fourth-order valence-electron chi connectivity index (χ4n) is 3.60. The Morgan fingerprint density at radius 2 is 2.14 bits per heavy atom. The average molecular weight is 309 g/mol. The maximum absolute atomic E-state index is 12.7. The maximum atomic E-state index is 12.7. The second-order valence-corrected chi connectivity index (χ2v) is 7.67. The highest BCUT2D eigenvalue weighted by Crippen LogP contribution is 2.29. The van der Waals surface area contributed by atoms with Gasteiger partial charge in [-0.2, -0.15) is 0 Å².